The molecule has 1 heterocycles. The summed E-state index contributed by atoms with van der Waals surface area (Å²) in [6.45, 7) is 1.37. The van der Waals surface area contributed by atoms with Crippen LogP contribution in [0.25, 0.3) is 11.0 Å². The molecule has 2 amide bonds. The van der Waals surface area contributed by atoms with Crippen molar-refractivity contribution in [2.24, 2.45) is 0 Å². The van der Waals surface area contributed by atoms with Crippen LogP contribution in [0.3, 0.4) is 0 Å². The standard InChI is InChI=1S/C17H17ClN4O/c18-13-6-1-2-7-14(13)21-17(23)19-10-5-11-22-12-20-15-8-3-4-9-16(15)22/h1-4,6-9,12H,5,10-11H2,(H2,19,21,23). The number of imidazole rings is 1. The van der Waals surface area contributed by atoms with Gasteiger partial charge >= 0.3 is 6.03 Å². The molecule has 0 bridgehead atoms. The monoisotopic (exact) mass is 328 g/mol. The van der Waals surface area contributed by atoms with Gasteiger partial charge in [-0.15, -0.1) is 0 Å². The summed E-state index contributed by atoms with van der Waals surface area (Å²) in [6, 6.07) is 14.9. The van der Waals surface area contributed by atoms with Gasteiger partial charge in [0.2, 0.25) is 0 Å². The number of carbonyl (C=O) groups is 1. The number of anilines is 1. The number of para-hydroxylation sites is 3. The van der Waals surface area contributed by atoms with Gasteiger partial charge in [0.25, 0.3) is 0 Å². The van der Waals surface area contributed by atoms with Crippen molar-refractivity contribution in [1.29, 1.82) is 0 Å². The molecule has 2 N–H and O–H groups in total. The van der Waals surface area contributed by atoms with Crippen molar-refractivity contribution < 1.29 is 4.79 Å². The van der Waals surface area contributed by atoms with Gasteiger partial charge in [-0.2, -0.15) is 0 Å². The van der Waals surface area contributed by atoms with Crippen molar-refractivity contribution in [3.8, 4) is 0 Å². The van der Waals surface area contributed by atoms with Gasteiger partial charge in [0.1, 0.15) is 0 Å². The number of amides is 2. The smallest absolute Gasteiger partial charge is 0.319 e. The number of fused-ring (bicyclic) bond motifs is 1. The Kier molecular flexibility index (Phi) is 4.78. The summed E-state index contributed by atoms with van der Waals surface area (Å²) in [4.78, 5) is 16.2. The van der Waals surface area contributed by atoms with Gasteiger partial charge in [0.05, 0.1) is 28.1 Å². The first-order valence-electron chi connectivity index (χ1n) is 7.43. The summed E-state index contributed by atoms with van der Waals surface area (Å²) < 4.78 is 2.09. The second-order valence-electron chi connectivity index (χ2n) is 5.14. The fraction of sp³-hybridized carbons (Fsp3) is 0.176. The molecule has 118 valence electrons. The highest BCUT2D eigenvalue weighted by molar-refractivity contribution is 6.33. The van der Waals surface area contributed by atoms with Crippen molar-refractivity contribution in [3.05, 3.63) is 59.9 Å². The van der Waals surface area contributed by atoms with Gasteiger partial charge in [0, 0.05) is 13.1 Å². The molecule has 1 aromatic heterocycles. The van der Waals surface area contributed by atoms with E-state index in [1.54, 1.807) is 12.1 Å². The van der Waals surface area contributed by atoms with E-state index in [-0.39, 0.29) is 6.03 Å². The Morgan fingerprint density at radius 1 is 1.13 bits per heavy atom. The highest BCUT2D eigenvalue weighted by atomic mass is 35.5. The fourth-order valence-electron chi connectivity index (χ4n) is 2.37. The van der Waals surface area contributed by atoms with Gasteiger partial charge in [-0.25, -0.2) is 9.78 Å². The maximum atomic E-state index is 11.8. The van der Waals surface area contributed by atoms with E-state index in [1.165, 1.54) is 0 Å². The van der Waals surface area contributed by atoms with Crippen molar-refractivity contribution in [2.75, 3.05) is 11.9 Å². The van der Waals surface area contributed by atoms with Gasteiger partial charge in [-0.1, -0.05) is 35.9 Å². The topological polar surface area (TPSA) is 59.0 Å². The molecule has 0 radical (unpaired) electrons. The van der Waals surface area contributed by atoms with E-state index < -0.39 is 0 Å². The number of urea groups is 1. The summed E-state index contributed by atoms with van der Waals surface area (Å²) in [5, 5.41) is 6.08. The first-order valence-corrected chi connectivity index (χ1v) is 7.81. The van der Waals surface area contributed by atoms with Gasteiger partial charge in [-0.05, 0) is 30.7 Å². The Labute approximate surface area is 139 Å². The first-order chi connectivity index (χ1) is 11.2. The van der Waals surface area contributed by atoms with E-state index >= 15 is 0 Å². The van der Waals surface area contributed by atoms with E-state index in [4.69, 9.17) is 11.6 Å². The quantitative estimate of drug-likeness (QED) is 0.698. The fourth-order valence-corrected chi connectivity index (χ4v) is 2.55. The van der Waals surface area contributed by atoms with Crippen molar-refractivity contribution in [3.63, 3.8) is 0 Å². The number of nitrogens with zero attached hydrogens (tertiary/aromatic N) is 2. The van der Waals surface area contributed by atoms with Crippen LogP contribution in [-0.4, -0.2) is 22.1 Å². The molecular formula is C17H17ClN4O. The Morgan fingerprint density at radius 2 is 1.91 bits per heavy atom. The van der Waals surface area contributed by atoms with E-state index in [1.807, 2.05) is 42.7 Å². The lowest BCUT2D eigenvalue weighted by molar-refractivity contribution is 0.252. The second kappa shape index (κ2) is 7.15. The Bertz CT molecular complexity index is 815. The number of benzene rings is 2. The maximum absolute atomic E-state index is 11.8. The molecular weight excluding hydrogens is 312 g/mol. The lowest BCUT2D eigenvalue weighted by Gasteiger charge is -2.09. The Balaban J connectivity index is 1.46. The third kappa shape index (κ3) is 3.81. The molecule has 0 aliphatic rings. The number of aromatic nitrogens is 2. The zero-order chi connectivity index (χ0) is 16.1. The van der Waals surface area contributed by atoms with Crippen LogP contribution in [0, 0.1) is 0 Å². The number of nitrogens with one attached hydrogen (secondary N) is 2. The summed E-state index contributed by atoms with van der Waals surface area (Å²) in [5.74, 6) is 0. The van der Waals surface area contributed by atoms with E-state index in [9.17, 15) is 4.79 Å². The molecule has 0 atom stereocenters. The van der Waals surface area contributed by atoms with Crippen LogP contribution in [0.2, 0.25) is 5.02 Å². The second-order valence-corrected chi connectivity index (χ2v) is 5.55. The third-order valence-electron chi connectivity index (χ3n) is 3.51. The van der Waals surface area contributed by atoms with Crippen LogP contribution in [0.5, 0.6) is 0 Å². The largest absolute Gasteiger partial charge is 0.338 e. The lowest BCUT2D eigenvalue weighted by atomic mass is 10.3. The molecule has 0 fully saturated rings. The minimum absolute atomic E-state index is 0.256. The van der Waals surface area contributed by atoms with Gasteiger partial charge in [0.15, 0.2) is 0 Å². The van der Waals surface area contributed by atoms with Gasteiger partial charge in [-0.3, -0.25) is 0 Å². The molecule has 5 nitrogen and oxygen atoms in total. The summed E-state index contributed by atoms with van der Waals surface area (Å²) in [5.41, 5.74) is 2.69. The SMILES string of the molecule is O=C(NCCCn1cnc2ccccc21)Nc1ccccc1Cl. The van der Waals surface area contributed by atoms with Crippen molar-refractivity contribution >= 4 is 34.4 Å². The highest BCUT2D eigenvalue weighted by Gasteiger charge is 2.05. The normalized spacial score (nSPS) is 10.7. The molecule has 0 spiro atoms. The van der Waals surface area contributed by atoms with Crippen molar-refractivity contribution in [1.82, 2.24) is 14.9 Å². The maximum Gasteiger partial charge on any atom is 0.319 e. The zero-order valence-corrected chi connectivity index (χ0v) is 13.3. The zero-order valence-electron chi connectivity index (χ0n) is 12.5. The van der Waals surface area contributed by atoms with E-state index in [0.29, 0.717) is 17.3 Å². The molecule has 0 saturated heterocycles. The van der Waals surface area contributed by atoms with E-state index in [0.717, 1.165) is 24.0 Å². The van der Waals surface area contributed by atoms with Crippen LogP contribution < -0.4 is 10.6 Å². The lowest BCUT2D eigenvalue weighted by Crippen LogP contribution is -2.30. The van der Waals surface area contributed by atoms with Crippen molar-refractivity contribution in [2.45, 2.75) is 13.0 Å². The number of aryl methyl sites for hydroxylation is 1. The summed E-state index contributed by atoms with van der Waals surface area (Å²) in [6.07, 6.45) is 2.64. The van der Waals surface area contributed by atoms with Crippen LogP contribution in [0.4, 0.5) is 10.5 Å². The predicted molar refractivity (Wildman–Crippen MR) is 92.8 cm³/mol. The molecule has 3 aromatic rings. The average molecular weight is 329 g/mol. The molecule has 0 aliphatic heterocycles. The minimum Gasteiger partial charge on any atom is -0.338 e. The number of halogens is 1. The number of hydrogen-bond acceptors (Lipinski definition) is 2. The molecule has 3 rings (SSSR count). The third-order valence-corrected chi connectivity index (χ3v) is 3.84. The first kappa shape index (κ1) is 15.4. The predicted octanol–water partition coefficient (Wildman–Crippen LogP) is 3.90. The van der Waals surface area contributed by atoms with Crippen LogP contribution in [0.1, 0.15) is 6.42 Å². The Morgan fingerprint density at radius 3 is 2.78 bits per heavy atom. The molecule has 6 heteroatoms. The molecule has 0 aliphatic carbocycles. The molecule has 0 unspecified atom stereocenters. The average Bonchev–Trinajstić information content (AvgIpc) is 2.97. The van der Waals surface area contributed by atoms with Gasteiger partial charge < -0.3 is 15.2 Å². The Hall–Kier alpha value is -2.53. The number of carbonyl (C=O) groups excluding carboxylic acids is 1. The van der Waals surface area contributed by atoms with Crippen LogP contribution >= 0.6 is 11.6 Å². The number of rotatable bonds is 5. The van der Waals surface area contributed by atoms with Crippen LogP contribution in [0.15, 0.2) is 54.9 Å². The minimum atomic E-state index is -0.256. The summed E-state index contributed by atoms with van der Waals surface area (Å²) in [7, 11) is 0. The van der Waals surface area contributed by atoms with E-state index in [2.05, 4.69) is 20.2 Å². The summed E-state index contributed by atoms with van der Waals surface area (Å²) >= 11 is 6.00. The van der Waals surface area contributed by atoms with Crippen LogP contribution in [-0.2, 0) is 6.54 Å². The highest BCUT2D eigenvalue weighted by Crippen LogP contribution is 2.20. The number of hydrogen-bond donors (Lipinski definition) is 2. The molecule has 2 aromatic carbocycles. The molecule has 23 heavy (non-hydrogen) atoms. The molecule has 0 saturated carbocycles.